The molecule has 0 saturated heterocycles. The van der Waals surface area contributed by atoms with Gasteiger partial charge in [0.1, 0.15) is 11.6 Å². The molecule has 0 bridgehead atoms. The summed E-state index contributed by atoms with van der Waals surface area (Å²) in [7, 11) is 0. The first kappa shape index (κ1) is 16.7. The molecular formula is C16H15F3N2O2. The van der Waals surface area contributed by atoms with E-state index in [9.17, 15) is 18.0 Å². The van der Waals surface area contributed by atoms with E-state index in [2.05, 4.69) is 15.4 Å². The lowest BCUT2D eigenvalue weighted by atomic mass is 10.1. The molecule has 2 rings (SSSR count). The van der Waals surface area contributed by atoms with Crippen molar-refractivity contribution in [2.45, 2.75) is 19.6 Å². The van der Waals surface area contributed by atoms with Gasteiger partial charge in [0.15, 0.2) is 0 Å². The van der Waals surface area contributed by atoms with Gasteiger partial charge in [-0.1, -0.05) is 12.1 Å². The van der Waals surface area contributed by atoms with E-state index >= 15 is 0 Å². The average molecular weight is 324 g/mol. The number of amides is 2. The first-order valence-corrected chi connectivity index (χ1v) is 6.82. The van der Waals surface area contributed by atoms with Crippen LogP contribution in [-0.4, -0.2) is 12.6 Å². The number of anilines is 1. The Bertz CT molecular complexity index is 645. The van der Waals surface area contributed by atoms with Crippen LogP contribution in [0.2, 0.25) is 0 Å². The van der Waals surface area contributed by atoms with Gasteiger partial charge in [-0.15, -0.1) is 0 Å². The Morgan fingerprint density at radius 2 is 1.65 bits per heavy atom. The van der Waals surface area contributed by atoms with E-state index in [0.717, 1.165) is 5.56 Å². The number of hydrogen-bond acceptors (Lipinski definition) is 2. The van der Waals surface area contributed by atoms with Gasteiger partial charge in [-0.25, -0.2) is 9.18 Å². The minimum Gasteiger partial charge on any atom is -0.435 e. The van der Waals surface area contributed by atoms with Crippen molar-refractivity contribution in [3.63, 3.8) is 0 Å². The first-order chi connectivity index (χ1) is 10.9. The number of carbonyl (C=O) groups excluding carboxylic acids is 1. The summed E-state index contributed by atoms with van der Waals surface area (Å²) in [5, 5.41) is 5.25. The van der Waals surface area contributed by atoms with Gasteiger partial charge in [0.05, 0.1) is 6.04 Å². The van der Waals surface area contributed by atoms with Crippen molar-refractivity contribution >= 4 is 11.7 Å². The van der Waals surface area contributed by atoms with Crippen LogP contribution in [0.15, 0.2) is 48.5 Å². The van der Waals surface area contributed by atoms with Crippen LogP contribution in [0.1, 0.15) is 18.5 Å². The number of urea groups is 1. The summed E-state index contributed by atoms with van der Waals surface area (Å²) in [5.41, 5.74) is 1.18. The quantitative estimate of drug-likeness (QED) is 0.861. The smallest absolute Gasteiger partial charge is 0.387 e. The van der Waals surface area contributed by atoms with Gasteiger partial charge in [0.2, 0.25) is 0 Å². The number of ether oxygens (including phenoxy) is 1. The van der Waals surface area contributed by atoms with Crippen molar-refractivity contribution in [1.82, 2.24) is 5.32 Å². The van der Waals surface area contributed by atoms with Crippen molar-refractivity contribution in [2.24, 2.45) is 0 Å². The number of nitrogens with one attached hydrogen (secondary N) is 2. The molecule has 0 aromatic heterocycles. The van der Waals surface area contributed by atoms with Crippen molar-refractivity contribution in [2.75, 3.05) is 5.32 Å². The summed E-state index contributed by atoms with van der Waals surface area (Å²) >= 11 is 0. The van der Waals surface area contributed by atoms with E-state index in [1.807, 2.05) is 0 Å². The predicted molar refractivity (Wildman–Crippen MR) is 80.0 cm³/mol. The van der Waals surface area contributed by atoms with E-state index in [1.54, 1.807) is 19.1 Å². The molecule has 0 spiro atoms. The predicted octanol–water partition coefficient (Wildman–Crippen LogP) is 4.31. The zero-order chi connectivity index (χ0) is 16.8. The van der Waals surface area contributed by atoms with Gasteiger partial charge in [-0.3, -0.25) is 0 Å². The minimum atomic E-state index is -2.89. The summed E-state index contributed by atoms with van der Waals surface area (Å²) in [4.78, 5) is 11.9. The SMILES string of the molecule is C[C@@H](NC(=O)Nc1ccc(OC(F)F)cc1)c1ccc(F)cc1. The largest absolute Gasteiger partial charge is 0.435 e. The first-order valence-electron chi connectivity index (χ1n) is 6.82. The normalized spacial score (nSPS) is 11.9. The molecule has 2 amide bonds. The summed E-state index contributed by atoms with van der Waals surface area (Å²) in [6, 6.07) is 10.5. The number of rotatable bonds is 5. The second-order valence-corrected chi connectivity index (χ2v) is 4.77. The lowest BCUT2D eigenvalue weighted by Crippen LogP contribution is -2.31. The van der Waals surface area contributed by atoms with Crippen molar-refractivity contribution in [3.8, 4) is 5.75 Å². The van der Waals surface area contributed by atoms with Gasteiger partial charge >= 0.3 is 12.6 Å². The third kappa shape index (κ3) is 5.21. The van der Waals surface area contributed by atoms with Crippen molar-refractivity contribution < 1.29 is 22.7 Å². The molecule has 122 valence electrons. The molecule has 0 heterocycles. The molecule has 0 aliphatic carbocycles. The fourth-order valence-electron chi connectivity index (χ4n) is 1.92. The molecule has 23 heavy (non-hydrogen) atoms. The molecular weight excluding hydrogens is 309 g/mol. The molecule has 2 aromatic rings. The molecule has 1 atom stereocenters. The Morgan fingerprint density at radius 3 is 2.22 bits per heavy atom. The highest BCUT2D eigenvalue weighted by Crippen LogP contribution is 2.18. The van der Waals surface area contributed by atoms with Gasteiger partial charge in [-0.05, 0) is 48.9 Å². The zero-order valence-electron chi connectivity index (χ0n) is 12.2. The third-order valence-corrected chi connectivity index (χ3v) is 3.05. The highest BCUT2D eigenvalue weighted by atomic mass is 19.3. The van der Waals surface area contributed by atoms with Crippen LogP contribution in [0.25, 0.3) is 0 Å². The van der Waals surface area contributed by atoms with Crippen LogP contribution in [0.5, 0.6) is 5.75 Å². The number of hydrogen-bond donors (Lipinski definition) is 2. The zero-order valence-corrected chi connectivity index (χ0v) is 12.2. The maximum atomic E-state index is 12.9. The molecule has 2 aromatic carbocycles. The summed E-state index contributed by atoms with van der Waals surface area (Å²) in [5.74, 6) is -0.345. The monoisotopic (exact) mass is 324 g/mol. The van der Waals surface area contributed by atoms with Gasteiger partial charge in [0, 0.05) is 5.69 Å². The molecule has 0 unspecified atom stereocenters. The number of benzene rings is 2. The standard InChI is InChI=1S/C16H15F3N2O2/c1-10(11-2-4-12(17)5-3-11)20-16(22)21-13-6-8-14(9-7-13)23-15(18)19/h2-10,15H,1H3,(H2,20,21,22)/t10-/m1/s1. The Labute approximate surface area is 131 Å². The second kappa shape index (κ2) is 7.53. The van der Waals surface area contributed by atoms with E-state index in [4.69, 9.17) is 0 Å². The van der Waals surface area contributed by atoms with Gasteiger partial charge in [-0.2, -0.15) is 8.78 Å². The summed E-state index contributed by atoms with van der Waals surface area (Å²) < 4.78 is 41.1. The maximum absolute atomic E-state index is 12.9. The highest BCUT2D eigenvalue weighted by molar-refractivity contribution is 5.89. The Morgan fingerprint density at radius 1 is 1.04 bits per heavy atom. The van der Waals surface area contributed by atoms with Gasteiger partial charge < -0.3 is 15.4 Å². The Hall–Kier alpha value is -2.70. The molecule has 0 saturated carbocycles. The molecule has 7 heteroatoms. The van der Waals surface area contributed by atoms with Gasteiger partial charge in [0.25, 0.3) is 0 Å². The molecule has 2 N–H and O–H groups in total. The van der Waals surface area contributed by atoms with Crippen LogP contribution >= 0.6 is 0 Å². The molecule has 0 fully saturated rings. The van der Waals surface area contributed by atoms with E-state index < -0.39 is 12.6 Å². The van der Waals surface area contributed by atoms with Crippen LogP contribution in [0.4, 0.5) is 23.7 Å². The van der Waals surface area contributed by atoms with Crippen LogP contribution in [0, 0.1) is 5.82 Å². The van der Waals surface area contributed by atoms with Crippen molar-refractivity contribution in [1.29, 1.82) is 0 Å². The Balaban J connectivity index is 1.90. The molecule has 0 aliphatic rings. The fourth-order valence-corrected chi connectivity index (χ4v) is 1.92. The summed E-state index contributed by atoms with van der Waals surface area (Å²) in [6.45, 7) is -1.14. The maximum Gasteiger partial charge on any atom is 0.387 e. The third-order valence-electron chi connectivity index (χ3n) is 3.05. The van der Waals surface area contributed by atoms with Crippen LogP contribution < -0.4 is 15.4 Å². The highest BCUT2D eigenvalue weighted by Gasteiger charge is 2.10. The number of alkyl halides is 2. The topological polar surface area (TPSA) is 50.4 Å². The van der Waals surface area contributed by atoms with Crippen LogP contribution in [-0.2, 0) is 0 Å². The van der Waals surface area contributed by atoms with Crippen molar-refractivity contribution in [3.05, 3.63) is 59.9 Å². The van der Waals surface area contributed by atoms with E-state index in [1.165, 1.54) is 36.4 Å². The van der Waals surface area contributed by atoms with Crippen LogP contribution in [0.3, 0.4) is 0 Å². The number of carbonyl (C=O) groups is 1. The fraction of sp³-hybridized carbons (Fsp3) is 0.188. The minimum absolute atomic E-state index is 0.00522. The average Bonchev–Trinajstić information content (AvgIpc) is 2.49. The van der Waals surface area contributed by atoms with E-state index in [0.29, 0.717) is 5.69 Å². The number of halogens is 3. The molecule has 0 radical (unpaired) electrons. The lowest BCUT2D eigenvalue weighted by molar-refractivity contribution is -0.0498. The molecule has 4 nitrogen and oxygen atoms in total. The molecule has 0 aliphatic heterocycles. The Kier molecular flexibility index (Phi) is 5.46. The van der Waals surface area contributed by atoms with E-state index in [-0.39, 0.29) is 17.6 Å². The lowest BCUT2D eigenvalue weighted by Gasteiger charge is -2.15. The second-order valence-electron chi connectivity index (χ2n) is 4.77. The summed E-state index contributed by atoms with van der Waals surface area (Å²) in [6.07, 6.45) is 0.